The van der Waals surface area contributed by atoms with Gasteiger partial charge in [-0.05, 0) is 48.3 Å². The topological polar surface area (TPSA) is 47.6 Å². The number of hydrogen-bond acceptors (Lipinski definition) is 3. The van der Waals surface area contributed by atoms with Crippen LogP contribution in [-0.2, 0) is 9.47 Å². The van der Waals surface area contributed by atoms with Crippen LogP contribution in [0.5, 0.6) is 0 Å². The van der Waals surface area contributed by atoms with Gasteiger partial charge in [0.05, 0.1) is 12.1 Å². The molecule has 1 amide bonds. The summed E-state index contributed by atoms with van der Waals surface area (Å²) < 4.78 is 11.6. The lowest BCUT2D eigenvalue weighted by Gasteiger charge is -2.17. The van der Waals surface area contributed by atoms with Crippen LogP contribution in [0.15, 0.2) is 22.7 Å². The van der Waals surface area contributed by atoms with Crippen LogP contribution in [0.2, 0.25) is 0 Å². The molecule has 0 heterocycles. The second kappa shape index (κ2) is 8.30. The van der Waals surface area contributed by atoms with Crippen LogP contribution in [0, 0.1) is 6.92 Å². The molecule has 1 aromatic carbocycles. The highest BCUT2D eigenvalue weighted by molar-refractivity contribution is 9.10. The lowest BCUT2D eigenvalue weighted by molar-refractivity contribution is -0.131. The summed E-state index contributed by atoms with van der Waals surface area (Å²) in [6, 6.07) is 5.59. The first kappa shape index (κ1) is 16.1. The van der Waals surface area contributed by atoms with Crippen molar-refractivity contribution in [3.05, 3.63) is 33.8 Å². The molecule has 0 bridgehead atoms. The number of benzene rings is 1. The SMILES string of the molecule is CCOC(CNC(=O)c1cccc(C)c1Br)OCC. The Hall–Kier alpha value is -0.910. The highest BCUT2D eigenvalue weighted by atomic mass is 79.9. The van der Waals surface area contributed by atoms with E-state index in [-0.39, 0.29) is 5.91 Å². The molecule has 0 radical (unpaired) electrons. The van der Waals surface area contributed by atoms with Gasteiger partial charge >= 0.3 is 0 Å². The molecule has 0 spiro atoms. The highest BCUT2D eigenvalue weighted by Crippen LogP contribution is 2.20. The van der Waals surface area contributed by atoms with Gasteiger partial charge in [-0.3, -0.25) is 4.79 Å². The molecular weight excluding hydrogens is 310 g/mol. The maximum Gasteiger partial charge on any atom is 0.252 e. The quantitative estimate of drug-likeness (QED) is 0.782. The lowest BCUT2D eigenvalue weighted by atomic mass is 10.1. The molecule has 1 N–H and O–H groups in total. The van der Waals surface area contributed by atoms with Crippen LogP contribution >= 0.6 is 15.9 Å². The summed E-state index contributed by atoms with van der Waals surface area (Å²) in [4.78, 5) is 12.1. The normalized spacial score (nSPS) is 10.8. The molecule has 0 aliphatic carbocycles. The Balaban J connectivity index is 2.61. The predicted molar refractivity (Wildman–Crippen MR) is 78.3 cm³/mol. The zero-order chi connectivity index (χ0) is 14.3. The molecule has 0 saturated heterocycles. The summed E-state index contributed by atoms with van der Waals surface area (Å²) in [6.07, 6.45) is -0.400. The minimum absolute atomic E-state index is 0.139. The van der Waals surface area contributed by atoms with E-state index in [9.17, 15) is 4.79 Å². The van der Waals surface area contributed by atoms with E-state index in [4.69, 9.17) is 9.47 Å². The molecule has 0 atom stereocenters. The van der Waals surface area contributed by atoms with Gasteiger partial charge in [0.15, 0.2) is 6.29 Å². The lowest BCUT2D eigenvalue weighted by Crippen LogP contribution is -2.35. The summed E-state index contributed by atoms with van der Waals surface area (Å²) in [6.45, 7) is 7.17. The first-order valence-corrected chi connectivity index (χ1v) is 7.15. The largest absolute Gasteiger partial charge is 0.351 e. The summed E-state index contributed by atoms with van der Waals surface area (Å²) in [5, 5.41) is 2.82. The van der Waals surface area contributed by atoms with E-state index >= 15 is 0 Å². The van der Waals surface area contributed by atoms with E-state index < -0.39 is 6.29 Å². The molecule has 4 nitrogen and oxygen atoms in total. The maximum absolute atomic E-state index is 12.1. The molecule has 106 valence electrons. The van der Waals surface area contributed by atoms with Crippen molar-refractivity contribution in [3.8, 4) is 0 Å². The molecule has 0 saturated carbocycles. The third-order valence-corrected chi connectivity index (χ3v) is 3.62. The van der Waals surface area contributed by atoms with Crippen molar-refractivity contribution in [2.75, 3.05) is 19.8 Å². The van der Waals surface area contributed by atoms with E-state index in [2.05, 4.69) is 21.2 Å². The molecular formula is C14H20BrNO3. The van der Waals surface area contributed by atoms with Gasteiger partial charge in [-0.2, -0.15) is 0 Å². The van der Waals surface area contributed by atoms with Gasteiger partial charge in [0.25, 0.3) is 5.91 Å². The van der Waals surface area contributed by atoms with Gasteiger partial charge in [0.2, 0.25) is 0 Å². The van der Waals surface area contributed by atoms with Gasteiger partial charge in [0.1, 0.15) is 0 Å². The van der Waals surface area contributed by atoms with E-state index in [0.29, 0.717) is 25.3 Å². The van der Waals surface area contributed by atoms with Crippen LogP contribution in [0.1, 0.15) is 29.8 Å². The zero-order valence-electron chi connectivity index (χ0n) is 11.5. The number of ether oxygens (including phenoxy) is 2. The van der Waals surface area contributed by atoms with Crippen LogP contribution in [0.25, 0.3) is 0 Å². The van der Waals surface area contributed by atoms with E-state index in [1.165, 1.54) is 0 Å². The Labute approximate surface area is 122 Å². The molecule has 1 aromatic rings. The Morgan fingerprint density at radius 1 is 1.32 bits per heavy atom. The average Bonchev–Trinajstić information content (AvgIpc) is 2.39. The molecule has 1 rings (SSSR count). The fourth-order valence-electron chi connectivity index (χ4n) is 1.63. The van der Waals surface area contributed by atoms with Crippen molar-refractivity contribution < 1.29 is 14.3 Å². The predicted octanol–water partition coefficient (Wildman–Crippen LogP) is 2.89. The Bertz CT molecular complexity index is 417. The summed E-state index contributed by atoms with van der Waals surface area (Å²) in [5.74, 6) is -0.139. The first-order chi connectivity index (χ1) is 9.10. The van der Waals surface area contributed by atoms with Crippen LogP contribution in [0.3, 0.4) is 0 Å². The van der Waals surface area contributed by atoms with Gasteiger partial charge < -0.3 is 14.8 Å². The summed E-state index contributed by atoms with van der Waals surface area (Å²) in [5.41, 5.74) is 1.64. The fraction of sp³-hybridized carbons (Fsp3) is 0.500. The third-order valence-electron chi connectivity index (χ3n) is 2.57. The number of carbonyl (C=O) groups is 1. The van der Waals surface area contributed by atoms with E-state index in [0.717, 1.165) is 10.0 Å². The number of halogens is 1. The van der Waals surface area contributed by atoms with Crippen LogP contribution in [-0.4, -0.2) is 32.0 Å². The fourth-order valence-corrected chi connectivity index (χ4v) is 2.08. The smallest absolute Gasteiger partial charge is 0.252 e. The molecule has 0 aliphatic heterocycles. The Morgan fingerprint density at radius 3 is 2.53 bits per heavy atom. The second-order valence-electron chi connectivity index (χ2n) is 3.99. The van der Waals surface area contributed by atoms with E-state index in [1.54, 1.807) is 6.07 Å². The molecule has 19 heavy (non-hydrogen) atoms. The Kier molecular flexibility index (Phi) is 7.05. The number of hydrogen-bond donors (Lipinski definition) is 1. The third kappa shape index (κ3) is 4.93. The van der Waals surface area contributed by atoms with Crippen LogP contribution < -0.4 is 5.32 Å². The first-order valence-electron chi connectivity index (χ1n) is 6.36. The molecule has 0 aliphatic rings. The molecule has 0 unspecified atom stereocenters. The second-order valence-corrected chi connectivity index (χ2v) is 4.78. The van der Waals surface area contributed by atoms with Gasteiger partial charge in [-0.1, -0.05) is 12.1 Å². The highest BCUT2D eigenvalue weighted by Gasteiger charge is 2.14. The van der Waals surface area contributed by atoms with Crippen molar-refractivity contribution in [1.82, 2.24) is 5.32 Å². The van der Waals surface area contributed by atoms with Crippen molar-refractivity contribution in [1.29, 1.82) is 0 Å². The minimum Gasteiger partial charge on any atom is -0.351 e. The van der Waals surface area contributed by atoms with Crippen molar-refractivity contribution in [2.24, 2.45) is 0 Å². The standard InChI is InChI=1S/C14H20BrNO3/c1-4-18-12(19-5-2)9-16-14(17)11-8-6-7-10(3)13(11)15/h6-8,12H,4-5,9H2,1-3H3,(H,16,17). The minimum atomic E-state index is -0.400. The number of amides is 1. The molecule has 0 fully saturated rings. The van der Waals surface area contributed by atoms with E-state index in [1.807, 2.05) is 32.9 Å². The Morgan fingerprint density at radius 2 is 1.95 bits per heavy atom. The van der Waals surface area contributed by atoms with Gasteiger partial charge in [-0.15, -0.1) is 0 Å². The number of nitrogens with one attached hydrogen (secondary N) is 1. The number of carbonyl (C=O) groups excluding carboxylic acids is 1. The summed E-state index contributed by atoms with van der Waals surface area (Å²) >= 11 is 3.43. The van der Waals surface area contributed by atoms with Crippen molar-refractivity contribution >= 4 is 21.8 Å². The van der Waals surface area contributed by atoms with Gasteiger partial charge in [0, 0.05) is 17.7 Å². The monoisotopic (exact) mass is 329 g/mol. The van der Waals surface area contributed by atoms with Crippen molar-refractivity contribution in [3.63, 3.8) is 0 Å². The van der Waals surface area contributed by atoms with Crippen LogP contribution in [0.4, 0.5) is 0 Å². The maximum atomic E-state index is 12.1. The van der Waals surface area contributed by atoms with Gasteiger partial charge in [-0.25, -0.2) is 0 Å². The zero-order valence-corrected chi connectivity index (χ0v) is 13.1. The molecule has 5 heteroatoms. The number of aryl methyl sites for hydroxylation is 1. The van der Waals surface area contributed by atoms with Crippen molar-refractivity contribution in [2.45, 2.75) is 27.1 Å². The number of rotatable bonds is 7. The average molecular weight is 330 g/mol. The summed E-state index contributed by atoms with van der Waals surface area (Å²) in [7, 11) is 0. The molecule has 0 aromatic heterocycles.